The van der Waals surface area contributed by atoms with Gasteiger partial charge < -0.3 is 14.8 Å². The van der Waals surface area contributed by atoms with Crippen molar-refractivity contribution in [3.05, 3.63) is 29.8 Å². The minimum absolute atomic E-state index is 0.0768. The van der Waals surface area contributed by atoms with Gasteiger partial charge >= 0.3 is 0 Å². The molecule has 1 aromatic rings. The summed E-state index contributed by atoms with van der Waals surface area (Å²) in [7, 11) is 1.60. The molecule has 86 valence electrons. The molecule has 0 bridgehead atoms. The van der Waals surface area contributed by atoms with Gasteiger partial charge in [-0.25, -0.2) is 0 Å². The van der Waals surface area contributed by atoms with E-state index in [1.54, 1.807) is 7.11 Å². The van der Waals surface area contributed by atoms with Crippen molar-refractivity contribution >= 4 is 12.2 Å². The minimum Gasteiger partial charge on any atom is -0.497 e. The van der Waals surface area contributed by atoms with Gasteiger partial charge in [0.1, 0.15) is 12.0 Å². The summed E-state index contributed by atoms with van der Waals surface area (Å²) in [5.74, 6) is 0.692. The number of rotatable bonds is 6. The zero-order valence-corrected chi connectivity index (χ0v) is 9.23. The van der Waals surface area contributed by atoms with Gasteiger partial charge in [-0.3, -0.25) is 4.79 Å². The molecule has 4 heteroatoms. The van der Waals surface area contributed by atoms with E-state index in [1.807, 2.05) is 24.3 Å². The van der Waals surface area contributed by atoms with Crippen molar-refractivity contribution in [2.45, 2.75) is 12.8 Å². The minimum atomic E-state index is -0.0768. The number of benzene rings is 1. The monoisotopic (exact) mass is 221 g/mol. The molecule has 0 aliphatic heterocycles. The molecule has 0 radical (unpaired) electrons. The number of carbonyl (C=O) groups excluding carboxylic acids is 2. The van der Waals surface area contributed by atoms with Crippen LogP contribution < -0.4 is 10.1 Å². The zero-order valence-electron chi connectivity index (χ0n) is 9.23. The standard InChI is InChI=1S/C12H15NO3/c1-16-11-5-3-10(4-6-11)9-12(15)13-7-2-8-14/h3-6,8H,2,7,9H2,1H3,(H,13,15). The summed E-state index contributed by atoms with van der Waals surface area (Å²) < 4.78 is 5.01. The molecule has 0 atom stereocenters. The first-order valence-corrected chi connectivity index (χ1v) is 5.09. The number of methoxy groups -OCH3 is 1. The van der Waals surface area contributed by atoms with E-state index in [9.17, 15) is 9.59 Å². The molecule has 0 aromatic heterocycles. The van der Waals surface area contributed by atoms with Gasteiger partial charge in [-0.2, -0.15) is 0 Å². The molecule has 0 fully saturated rings. The maximum Gasteiger partial charge on any atom is 0.224 e. The van der Waals surface area contributed by atoms with E-state index in [2.05, 4.69) is 5.32 Å². The van der Waals surface area contributed by atoms with Crippen LogP contribution in [0.2, 0.25) is 0 Å². The molecular weight excluding hydrogens is 206 g/mol. The number of hydrogen-bond donors (Lipinski definition) is 1. The summed E-state index contributed by atoms with van der Waals surface area (Å²) in [5.41, 5.74) is 0.921. The quantitative estimate of drug-likeness (QED) is 0.574. The van der Waals surface area contributed by atoms with Crippen LogP contribution in [0, 0.1) is 0 Å². The van der Waals surface area contributed by atoms with Crippen LogP contribution in [-0.2, 0) is 16.0 Å². The highest BCUT2D eigenvalue weighted by Gasteiger charge is 2.02. The first-order chi connectivity index (χ1) is 7.76. The Morgan fingerprint density at radius 3 is 2.62 bits per heavy atom. The van der Waals surface area contributed by atoms with Crippen molar-refractivity contribution in [1.29, 1.82) is 0 Å². The number of hydrogen-bond acceptors (Lipinski definition) is 3. The largest absolute Gasteiger partial charge is 0.497 e. The topological polar surface area (TPSA) is 55.4 Å². The molecule has 0 aliphatic rings. The van der Waals surface area contributed by atoms with Crippen LogP contribution >= 0.6 is 0 Å². The molecule has 0 unspecified atom stereocenters. The third-order valence-corrected chi connectivity index (χ3v) is 2.11. The summed E-state index contributed by atoms with van der Waals surface area (Å²) in [6, 6.07) is 7.32. The van der Waals surface area contributed by atoms with Gasteiger partial charge in [0.05, 0.1) is 13.5 Å². The van der Waals surface area contributed by atoms with Crippen molar-refractivity contribution in [2.75, 3.05) is 13.7 Å². The Kier molecular flexibility index (Phi) is 5.05. The van der Waals surface area contributed by atoms with E-state index < -0.39 is 0 Å². The maximum absolute atomic E-state index is 11.4. The van der Waals surface area contributed by atoms with Gasteiger partial charge in [0, 0.05) is 13.0 Å². The van der Waals surface area contributed by atoms with Gasteiger partial charge in [0.2, 0.25) is 5.91 Å². The summed E-state index contributed by atoms with van der Waals surface area (Å²) in [6.45, 7) is 0.401. The Bertz CT molecular complexity index is 346. The number of amides is 1. The molecule has 1 amide bonds. The van der Waals surface area contributed by atoms with E-state index in [0.717, 1.165) is 17.6 Å². The molecule has 0 saturated carbocycles. The van der Waals surface area contributed by atoms with Crippen LogP contribution in [0.15, 0.2) is 24.3 Å². The summed E-state index contributed by atoms with van der Waals surface area (Å²) in [4.78, 5) is 21.4. The van der Waals surface area contributed by atoms with Crippen LogP contribution in [0.25, 0.3) is 0 Å². The molecule has 1 N–H and O–H groups in total. The smallest absolute Gasteiger partial charge is 0.224 e. The number of ether oxygens (including phenoxy) is 1. The number of carbonyl (C=O) groups is 2. The van der Waals surface area contributed by atoms with Crippen LogP contribution in [0.4, 0.5) is 0 Å². The SMILES string of the molecule is COc1ccc(CC(=O)NCCC=O)cc1. The summed E-state index contributed by atoms with van der Waals surface area (Å²) in [6.07, 6.45) is 1.46. The van der Waals surface area contributed by atoms with Crippen molar-refractivity contribution < 1.29 is 14.3 Å². The average molecular weight is 221 g/mol. The molecule has 0 heterocycles. The highest BCUT2D eigenvalue weighted by atomic mass is 16.5. The Labute approximate surface area is 94.6 Å². The predicted octanol–water partition coefficient (Wildman–Crippen LogP) is 0.943. The summed E-state index contributed by atoms with van der Waals surface area (Å²) in [5, 5.41) is 2.66. The Morgan fingerprint density at radius 2 is 2.06 bits per heavy atom. The molecule has 0 saturated heterocycles. The van der Waals surface area contributed by atoms with Crippen molar-refractivity contribution in [2.24, 2.45) is 0 Å². The fourth-order valence-electron chi connectivity index (χ4n) is 1.26. The molecule has 16 heavy (non-hydrogen) atoms. The lowest BCUT2D eigenvalue weighted by molar-refractivity contribution is -0.120. The van der Waals surface area contributed by atoms with Crippen molar-refractivity contribution in [1.82, 2.24) is 5.32 Å². The fourth-order valence-corrected chi connectivity index (χ4v) is 1.26. The lowest BCUT2D eigenvalue weighted by atomic mass is 10.1. The van der Waals surface area contributed by atoms with Crippen LogP contribution in [0.1, 0.15) is 12.0 Å². The molecule has 1 aromatic carbocycles. The lowest BCUT2D eigenvalue weighted by Gasteiger charge is -2.04. The van der Waals surface area contributed by atoms with E-state index in [1.165, 1.54) is 0 Å². The predicted molar refractivity (Wildman–Crippen MR) is 60.4 cm³/mol. The highest BCUT2D eigenvalue weighted by Crippen LogP contribution is 2.11. The second-order valence-electron chi connectivity index (χ2n) is 3.33. The molecule has 0 spiro atoms. The lowest BCUT2D eigenvalue weighted by Crippen LogP contribution is -2.26. The third-order valence-electron chi connectivity index (χ3n) is 2.11. The third kappa shape index (κ3) is 4.13. The highest BCUT2D eigenvalue weighted by molar-refractivity contribution is 5.78. The molecule has 1 rings (SSSR count). The van der Waals surface area contributed by atoms with E-state index in [-0.39, 0.29) is 5.91 Å². The summed E-state index contributed by atoms with van der Waals surface area (Å²) >= 11 is 0. The van der Waals surface area contributed by atoms with Crippen LogP contribution in [0.3, 0.4) is 0 Å². The van der Waals surface area contributed by atoms with E-state index in [0.29, 0.717) is 19.4 Å². The number of aldehydes is 1. The van der Waals surface area contributed by atoms with Gasteiger partial charge in [0.15, 0.2) is 0 Å². The first kappa shape index (κ1) is 12.2. The molecule has 4 nitrogen and oxygen atoms in total. The van der Waals surface area contributed by atoms with E-state index >= 15 is 0 Å². The van der Waals surface area contributed by atoms with Gasteiger partial charge in [0.25, 0.3) is 0 Å². The fraction of sp³-hybridized carbons (Fsp3) is 0.333. The van der Waals surface area contributed by atoms with E-state index in [4.69, 9.17) is 4.74 Å². The Balaban J connectivity index is 2.40. The van der Waals surface area contributed by atoms with Crippen LogP contribution in [0.5, 0.6) is 5.75 Å². The normalized spacial score (nSPS) is 9.56. The zero-order chi connectivity index (χ0) is 11.8. The maximum atomic E-state index is 11.4. The van der Waals surface area contributed by atoms with Crippen LogP contribution in [-0.4, -0.2) is 25.8 Å². The van der Waals surface area contributed by atoms with Gasteiger partial charge in [-0.05, 0) is 17.7 Å². The second kappa shape index (κ2) is 6.61. The molecular formula is C12H15NO3. The number of nitrogens with one attached hydrogen (secondary N) is 1. The average Bonchev–Trinajstić information content (AvgIpc) is 2.30. The Morgan fingerprint density at radius 1 is 1.38 bits per heavy atom. The van der Waals surface area contributed by atoms with Crippen molar-refractivity contribution in [3.63, 3.8) is 0 Å². The molecule has 0 aliphatic carbocycles. The van der Waals surface area contributed by atoms with Crippen molar-refractivity contribution in [3.8, 4) is 5.75 Å². The van der Waals surface area contributed by atoms with Gasteiger partial charge in [-0.15, -0.1) is 0 Å². The first-order valence-electron chi connectivity index (χ1n) is 5.09. The second-order valence-corrected chi connectivity index (χ2v) is 3.33. The van der Waals surface area contributed by atoms with Gasteiger partial charge in [-0.1, -0.05) is 12.1 Å². The Hall–Kier alpha value is -1.84.